The number of benzene rings is 2. The summed E-state index contributed by atoms with van der Waals surface area (Å²) < 4.78 is 11.5. The molecule has 3 rings (SSSR count). The highest BCUT2D eigenvalue weighted by molar-refractivity contribution is 9.10. The van der Waals surface area contributed by atoms with Gasteiger partial charge in [-0.15, -0.1) is 11.3 Å². The van der Waals surface area contributed by atoms with E-state index in [2.05, 4.69) is 31.4 Å². The molecule has 1 heterocycles. The number of carbonyl (C=O) groups is 1. The second-order valence-electron chi connectivity index (χ2n) is 5.44. The summed E-state index contributed by atoms with van der Waals surface area (Å²) in [6, 6.07) is 12.2. The van der Waals surface area contributed by atoms with Gasteiger partial charge in [-0.3, -0.25) is 5.43 Å². The van der Waals surface area contributed by atoms with Crippen LogP contribution in [0.1, 0.15) is 21.6 Å². The Bertz CT molecular complexity index is 974. The number of halogens is 1. The van der Waals surface area contributed by atoms with Crippen molar-refractivity contribution in [2.75, 3.05) is 12.5 Å². The van der Waals surface area contributed by atoms with E-state index in [1.165, 1.54) is 18.4 Å². The summed E-state index contributed by atoms with van der Waals surface area (Å²) >= 11 is 4.94. The summed E-state index contributed by atoms with van der Waals surface area (Å²) in [4.78, 5) is 16.5. The third-order valence-electron chi connectivity index (χ3n) is 3.48. The summed E-state index contributed by atoms with van der Waals surface area (Å²) in [5.41, 5.74) is 5.03. The molecule has 27 heavy (non-hydrogen) atoms. The number of nitrogens with one attached hydrogen (secondary N) is 1. The Hall–Kier alpha value is -2.71. The average molecular weight is 446 g/mol. The first kappa shape index (κ1) is 19.1. The molecule has 3 aromatic rings. The predicted molar refractivity (Wildman–Crippen MR) is 110 cm³/mol. The standard InChI is InChI=1S/C19H16BrN3O3S/c1-12-11-27-19(22-12)23-21-10-14-8-16(25-2)17(9-15(14)20)26-18(24)13-6-4-3-5-7-13/h3-11H,1-2H3,(H,22,23). The molecule has 0 aliphatic rings. The van der Waals surface area contributed by atoms with Crippen molar-refractivity contribution in [1.29, 1.82) is 0 Å². The fourth-order valence-corrected chi connectivity index (χ4v) is 3.25. The Kier molecular flexibility index (Phi) is 6.20. The monoisotopic (exact) mass is 445 g/mol. The molecule has 0 atom stereocenters. The van der Waals surface area contributed by atoms with E-state index in [0.717, 1.165) is 11.3 Å². The molecule has 0 amide bonds. The lowest BCUT2D eigenvalue weighted by molar-refractivity contribution is 0.0729. The molecule has 138 valence electrons. The van der Waals surface area contributed by atoms with Crippen molar-refractivity contribution in [1.82, 2.24) is 4.98 Å². The number of ether oxygens (including phenoxy) is 2. The molecule has 0 saturated heterocycles. The van der Waals surface area contributed by atoms with E-state index < -0.39 is 5.97 Å². The number of anilines is 1. The molecule has 0 saturated carbocycles. The Morgan fingerprint density at radius 3 is 2.70 bits per heavy atom. The number of hydrogen-bond donors (Lipinski definition) is 1. The number of methoxy groups -OCH3 is 1. The summed E-state index contributed by atoms with van der Waals surface area (Å²) in [5.74, 6) is 0.288. The first-order valence-corrected chi connectivity index (χ1v) is 9.60. The molecule has 6 nitrogen and oxygen atoms in total. The summed E-state index contributed by atoms with van der Waals surface area (Å²) in [7, 11) is 1.51. The van der Waals surface area contributed by atoms with Gasteiger partial charge < -0.3 is 9.47 Å². The van der Waals surface area contributed by atoms with E-state index in [9.17, 15) is 4.79 Å². The van der Waals surface area contributed by atoms with Crippen LogP contribution in [0.3, 0.4) is 0 Å². The van der Waals surface area contributed by atoms with Crippen LogP contribution in [0.15, 0.2) is 57.4 Å². The molecule has 0 spiro atoms. The van der Waals surface area contributed by atoms with Crippen LogP contribution in [-0.2, 0) is 0 Å². The largest absolute Gasteiger partial charge is 0.493 e. The minimum Gasteiger partial charge on any atom is -0.493 e. The van der Waals surface area contributed by atoms with E-state index in [0.29, 0.717) is 26.7 Å². The van der Waals surface area contributed by atoms with Crippen LogP contribution >= 0.6 is 27.3 Å². The minimum atomic E-state index is -0.456. The van der Waals surface area contributed by atoms with Crippen molar-refractivity contribution >= 4 is 44.6 Å². The maximum Gasteiger partial charge on any atom is 0.343 e. The first-order chi connectivity index (χ1) is 13.1. The van der Waals surface area contributed by atoms with Crippen LogP contribution in [0.2, 0.25) is 0 Å². The van der Waals surface area contributed by atoms with Crippen LogP contribution in [0, 0.1) is 6.92 Å². The van der Waals surface area contributed by atoms with Gasteiger partial charge in [0, 0.05) is 15.4 Å². The number of nitrogens with zero attached hydrogens (tertiary/aromatic N) is 2. The molecule has 0 aliphatic heterocycles. The zero-order valence-corrected chi connectivity index (χ0v) is 17.0. The lowest BCUT2D eigenvalue weighted by Gasteiger charge is -2.11. The van der Waals surface area contributed by atoms with Gasteiger partial charge in [-0.1, -0.05) is 18.2 Å². The van der Waals surface area contributed by atoms with Crippen LogP contribution in [-0.4, -0.2) is 24.3 Å². The Labute approximate surface area is 169 Å². The minimum absolute atomic E-state index is 0.318. The lowest BCUT2D eigenvalue weighted by atomic mass is 10.2. The quantitative estimate of drug-likeness (QED) is 0.253. The topological polar surface area (TPSA) is 72.8 Å². The highest BCUT2D eigenvalue weighted by Crippen LogP contribution is 2.33. The molecular weight excluding hydrogens is 430 g/mol. The normalized spacial score (nSPS) is 10.8. The van der Waals surface area contributed by atoms with Crippen molar-refractivity contribution in [3.63, 3.8) is 0 Å². The molecular formula is C19H16BrN3O3S. The molecule has 1 N–H and O–H groups in total. The third-order valence-corrected chi connectivity index (χ3v) is 5.03. The van der Waals surface area contributed by atoms with Crippen molar-refractivity contribution in [3.8, 4) is 11.5 Å². The summed E-state index contributed by atoms with van der Waals surface area (Å²) in [6.45, 7) is 1.92. The van der Waals surface area contributed by atoms with Crippen molar-refractivity contribution in [2.45, 2.75) is 6.92 Å². The fraction of sp³-hybridized carbons (Fsp3) is 0.105. The van der Waals surface area contributed by atoms with Crippen molar-refractivity contribution < 1.29 is 14.3 Å². The van der Waals surface area contributed by atoms with Gasteiger partial charge in [-0.05, 0) is 47.1 Å². The number of hydrazone groups is 1. The molecule has 8 heteroatoms. The Morgan fingerprint density at radius 1 is 1.26 bits per heavy atom. The summed E-state index contributed by atoms with van der Waals surface area (Å²) in [5, 5.41) is 6.82. The number of esters is 1. The number of thiazole rings is 1. The highest BCUT2D eigenvalue weighted by Gasteiger charge is 2.14. The fourth-order valence-electron chi connectivity index (χ4n) is 2.18. The van der Waals surface area contributed by atoms with Crippen LogP contribution in [0.5, 0.6) is 11.5 Å². The number of carbonyl (C=O) groups excluding carboxylic acids is 1. The van der Waals surface area contributed by atoms with Gasteiger partial charge in [0.15, 0.2) is 11.5 Å². The highest BCUT2D eigenvalue weighted by atomic mass is 79.9. The molecule has 0 aliphatic carbocycles. The van der Waals surface area contributed by atoms with Crippen LogP contribution < -0.4 is 14.9 Å². The van der Waals surface area contributed by atoms with E-state index >= 15 is 0 Å². The average Bonchev–Trinajstić information content (AvgIpc) is 3.09. The second kappa shape index (κ2) is 8.79. The molecule has 0 radical (unpaired) electrons. The SMILES string of the molecule is COc1cc(C=NNc2nc(C)cs2)c(Br)cc1OC(=O)c1ccccc1. The maximum absolute atomic E-state index is 12.3. The van der Waals surface area contributed by atoms with E-state index in [1.54, 1.807) is 42.6 Å². The third kappa shape index (κ3) is 4.93. The van der Waals surface area contributed by atoms with Gasteiger partial charge >= 0.3 is 5.97 Å². The van der Waals surface area contributed by atoms with Gasteiger partial charge in [-0.25, -0.2) is 9.78 Å². The van der Waals surface area contributed by atoms with Crippen molar-refractivity contribution in [2.24, 2.45) is 5.10 Å². The summed E-state index contributed by atoms with van der Waals surface area (Å²) in [6.07, 6.45) is 1.63. The zero-order chi connectivity index (χ0) is 19.2. The Morgan fingerprint density at radius 2 is 2.04 bits per heavy atom. The lowest BCUT2D eigenvalue weighted by Crippen LogP contribution is -2.09. The van der Waals surface area contributed by atoms with Gasteiger partial charge in [0.1, 0.15) is 0 Å². The molecule has 0 bridgehead atoms. The van der Waals surface area contributed by atoms with Crippen molar-refractivity contribution in [3.05, 3.63) is 69.1 Å². The number of aryl methyl sites for hydroxylation is 1. The van der Waals surface area contributed by atoms with Gasteiger partial charge in [-0.2, -0.15) is 5.10 Å². The molecule has 1 aromatic heterocycles. The maximum atomic E-state index is 12.3. The Balaban J connectivity index is 1.77. The number of aromatic nitrogens is 1. The smallest absolute Gasteiger partial charge is 0.343 e. The molecule has 0 fully saturated rings. The van der Waals surface area contributed by atoms with Gasteiger partial charge in [0.05, 0.1) is 24.6 Å². The van der Waals surface area contributed by atoms with Crippen LogP contribution in [0.4, 0.5) is 5.13 Å². The first-order valence-electron chi connectivity index (χ1n) is 7.93. The van der Waals surface area contributed by atoms with E-state index in [1.807, 2.05) is 18.4 Å². The van der Waals surface area contributed by atoms with Gasteiger partial charge in [0.2, 0.25) is 5.13 Å². The predicted octanol–water partition coefficient (Wildman–Crippen LogP) is 4.89. The molecule has 2 aromatic carbocycles. The zero-order valence-electron chi connectivity index (χ0n) is 14.6. The van der Waals surface area contributed by atoms with E-state index in [4.69, 9.17) is 9.47 Å². The van der Waals surface area contributed by atoms with Gasteiger partial charge in [0.25, 0.3) is 0 Å². The number of hydrogen-bond acceptors (Lipinski definition) is 7. The van der Waals surface area contributed by atoms with E-state index in [-0.39, 0.29) is 0 Å². The molecule has 0 unspecified atom stereocenters. The van der Waals surface area contributed by atoms with Crippen LogP contribution in [0.25, 0.3) is 0 Å². The second-order valence-corrected chi connectivity index (χ2v) is 7.16. The number of rotatable bonds is 6.